The molecule has 4 aromatic rings. The lowest BCUT2D eigenvalue weighted by Crippen LogP contribution is -2.45. The predicted molar refractivity (Wildman–Crippen MR) is 129 cm³/mol. The van der Waals surface area contributed by atoms with E-state index in [1.54, 1.807) is 0 Å². The minimum Gasteiger partial charge on any atom is -0.485 e. The van der Waals surface area contributed by atoms with Gasteiger partial charge in [-0.1, -0.05) is 84.9 Å². The number of nitrogens with one attached hydrogen (secondary N) is 1. The number of anilines is 1. The number of benzene rings is 4. The SMILES string of the molecule is CC(NCC1CN(Cc2ccccc2)c2ccccc2O1)c1cccc2ccccc12. The van der Waals surface area contributed by atoms with Crippen LogP contribution in [0.4, 0.5) is 5.69 Å². The van der Waals surface area contributed by atoms with E-state index in [0.717, 1.165) is 25.4 Å². The first-order valence-corrected chi connectivity index (χ1v) is 11.0. The molecule has 0 aromatic heterocycles. The third-order valence-electron chi connectivity index (χ3n) is 6.08. The van der Waals surface area contributed by atoms with E-state index in [1.165, 1.54) is 27.6 Å². The normalized spacial score (nSPS) is 16.5. The van der Waals surface area contributed by atoms with E-state index in [0.29, 0.717) is 0 Å². The lowest BCUT2D eigenvalue weighted by atomic mass is 9.99. The average Bonchev–Trinajstić information content (AvgIpc) is 2.83. The lowest BCUT2D eigenvalue weighted by Gasteiger charge is -2.37. The van der Waals surface area contributed by atoms with Gasteiger partial charge < -0.3 is 15.0 Å². The van der Waals surface area contributed by atoms with E-state index < -0.39 is 0 Å². The van der Waals surface area contributed by atoms with Crippen LogP contribution in [0.15, 0.2) is 97.1 Å². The van der Waals surface area contributed by atoms with Crippen LogP contribution in [0.5, 0.6) is 5.75 Å². The first-order valence-electron chi connectivity index (χ1n) is 11.0. The van der Waals surface area contributed by atoms with Crippen LogP contribution in [0.2, 0.25) is 0 Å². The van der Waals surface area contributed by atoms with Gasteiger partial charge in [0.25, 0.3) is 0 Å². The molecule has 1 N–H and O–H groups in total. The lowest BCUT2D eigenvalue weighted by molar-refractivity contribution is 0.185. The molecule has 2 unspecified atom stereocenters. The van der Waals surface area contributed by atoms with E-state index in [-0.39, 0.29) is 12.1 Å². The van der Waals surface area contributed by atoms with Crippen molar-refractivity contribution in [3.8, 4) is 5.75 Å². The van der Waals surface area contributed by atoms with Crippen molar-refractivity contribution < 1.29 is 4.74 Å². The Morgan fingerprint density at radius 1 is 0.871 bits per heavy atom. The van der Waals surface area contributed by atoms with Crippen LogP contribution >= 0.6 is 0 Å². The molecule has 3 heteroatoms. The third-order valence-corrected chi connectivity index (χ3v) is 6.08. The molecule has 0 aliphatic carbocycles. The number of ether oxygens (including phenoxy) is 1. The van der Waals surface area contributed by atoms with Crippen molar-refractivity contribution in [3.05, 3.63) is 108 Å². The highest BCUT2D eigenvalue weighted by Gasteiger charge is 2.26. The maximum atomic E-state index is 6.37. The van der Waals surface area contributed by atoms with E-state index in [4.69, 9.17) is 4.74 Å². The molecule has 2 atom stereocenters. The fourth-order valence-corrected chi connectivity index (χ4v) is 4.49. The van der Waals surface area contributed by atoms with Crippen molar-refractivity contribution in [2.45, 2.75) is 25.6 Å². The predicted octanol–water partition coefficient (Wildman–Crippen LogP) is 5.96. The Labute approximate surface area is 184 Å². The summed E-state index contributed by atoms with van der Waals surface area (Å²) in [6, 6.07) is 34.4. The number of hydrogen-bond donors (Lipinski definition) is 1. The van der Waals surface area contributed by atoms with Crippen molar-refractivity contribution >= 4 is 16.5 Å². The van der Waals surface area contributed by atoms with E-state index in [2.05, 4.69) is 108 Å². The Bertz CT molecular complexity index is 1150. The van der Waals surface area contributed by atoms with Crippen molar-refractivity contribution in [2.75, 3.05) is 18.0 Å². The molecule has 1 aliphatic rings. The maximum Gasteiger partial charge on any atom is 0.143 e. The second-order valence-electron chi connectivity index (χ2n) is 8.27. The summed E-state index contributed by atoms with van der Waals surface area (Å²) in [7, 11) is 0. The van der Waals surface area contributed by atoms with Crippen molar-refractivity contribution in [1.29, 1.82) is 0 Å². The summed E-state index contributed by atoms with van der Waals surface area (Å²) in [6.07, 6.45) is 0.0936. The summed E-state index contributed by atoms with van der Waals surface area (Å²) < 4.78 is 6.37. The fraction of sp³-hybridized carbons (Fsp3) is 0.214. The number of hydrogen-bond acceptors (Lipinski definition) is 3. The van der Waals surface area contributed by atoms with Crippen LogP contribution in [-0.4, -0.2) is 19.2 Å². The van der Waals surface area contributed by atoms with Crippen LogP contribution < -0.4 is 15.0 Å². The molecule has 3 nitrogen and oxygen atoms in total. The highest BCUT2D eigenvalue weighted by molar-refractivity contribution is 5.86. The molecule has 0 bridgehead atoms. The van der Waals surface area contributed by atoms with Gasteiger partial charge in [0.05, 0.1) is 12.2 Å². The molecule has 156 valence electrons. The number of nitrogens with zero attached hydrogens (tertiary/aromatic N) is 1. The van der Waals surface area contributed by atoms with E-state index in [1.807, 2.05) is 6.07 Å². The molecule has 0 radical (unpaired) electrons. The number of rotatable bonds is 6. The zero-order chi connectivity index (χ0) is 21.0. The van der Waals surface area contributed by atoms with Crippen molar-refractivity contribution in [2.24, 2.45) is 0 Å². The Morgan fingerprint density at radius 2 is 1.61 bits per heavy atom. The number of para-hydroxylation sites is 2. The van der Waals surface area contributed by atoms with Crippen LogP contribution in [0.25, 0.3) is 10.8 Å². The Hall–Kier alpha value is -3.30. The summed E-state index contributed by atoms with van der Waals surface area (Å²) in [5.41, 5.74) is 3.81. The van der Waals surface area contributed by atoms with Gasteiger partial charge in [-0.05, 0) is 41.0 Å². The molecule has 31 heavy (non-hydrogen) atoms. The van der Waals surface area contributed by atoms with Gasteiger partial charge in [0.15, 0.2) is 0 Å². The molecule has 1 heterocycles. The zero-order valence-corrected chi connectivity index (χ0v) is 17.9. The highest BCUT2D eigenvalue weighted by Crippen LogP contribution is 2.34. The van der Waals surface area contributed by atoms with Gasteiger partial charge in [-0.25, -0.2) is 0 Å². The second kappa shape index (κ2) is 8.83. The molecule has 0 spiro atoms. The van der Waals surface area contributed by atoms with Gasteiger partial charge in [-0.2, -0.15) is 0 Å². The molecule has 4 aromatic carbocycles. The maximum absolute atomic E-state index is 6.37. The monoisotopic (exact) mass is 408 g/mol. The smallest absolute Gasteiger partial charge is 0.143 e. The summed E-state index contributed by atoms with van der Waals surface area (Å²) in [5.74, 6) is 0.967. The van der Waals surface area contributed by atoms with Gasteiger partial charge in [0, 0.05) is 19.1 Å². The second-order valence-corrected chi connectivity index (χ2v) is 8.27. The molecular weight excluding hydrogens is 380 g/mol. The molecule has 0 fully saturated rings. The van der Waals surface area contributed by atoms with Gasteiger partial charge >= 0.3 is 0 Å². The first kappa shape index (κ1) is 19.7. The van der Waals surface area contributed by atoms with Gasteiger partial charge in [0.1, 0.15) is 11.9 Å². The van der Waals surface area contributed by atoms with E-state index in [9.17, 15) is 0 Å². The summed E-state index contributed by atoms with van der Waals surface area (Å²) in [4.78, 5) is 2.43. The molecule has 0 amide bonds. The largest absolute Gasteiger partial charge is 0.485 e. The molecule has 5 rings (SSSR count). The molecule has 0 saturated heterocycles. The highest BCUT2D eigenvalue weighted by atomic mass is 16.5. The van der Waals surface area contributed by atoms with Crippen molar-refractivity contribution in [3.63, 3.8) is 0 Å². The summed E-state index contributed by atoms with van der Waals surface area (Å²) in [5, 5.41) is 6.32. The van der Waals surface area contributed by atoms with Gasteiger partial charge in [-0.15, -0.1) is 0 Å². The van der Waals surface area contributed by atoms with Crippen molar-refractivity contribution in [1.82, 2.24) is 5.32 Å². The van der Waals surface area contributed by atoms with Gasteiger partial charge in [0.2, 0.25) is 0 Å². The Morgan fingerprint density at radius 3 is 2.52 bits per heavy atom. The van der Waals surface area contributed by atoms with E-state index >= 15 is 0 Å². The molecule has 1 aliphatic heterocycles. The molecular formula is C28H28N2O. The van der Waals surface area contributed by atoms with Gasteiger partial charge in [-0.3, -0.25) is 0 Å². The van der Waals surface area contributed by atoms with Crippen LogP contribution in [0.3, 0.4) is 0 Å². The van der Waals surface area contributed by atoms with Crippen LogP contribution in [-0.2, 0) is 6.54 Å². The summed E-state index contributed by atoms with van der Waals surface area (Å²) >= 11 is 0. The number of fused-ring (bicyclic) bond motifs is 2. The average molecular weight is 409 g/mol. The van der Waals surface area contributed by atoms with Crippen LogP contribution in [0.1, 0.15) is 24.1 Å². The quantitative estimate of drug-likeness (QED) is 0.426. The van der Waals surface area contributed by atoms with Crippen LogP contribution in [0, 0.1) is 0 Å². The topological polar surface area (TPSA) is 24.5 Å². The third kappa shape index (κ3) is 4.28. The Kier molecular flexibility index (Phi) is 5.59. The first-order chi connectivity index (χ1) is 15.3. The Balaban J connectivity index is 1.31. The minimum atomic E-state index is 0.0936. The molecule has 0 saturated carbocycles. The minimum absolute atomic E-state index is 0.0936. The fourth-order valence-electron chi connectivity index (χ4n) is 4.49. The zero-order valence-electron chi connectivity index (χ0n) is 17.9. The standard InChI is InChI=1S/C28H28N2O/c1-21(25-15-9-13-23-12-5-6-14-26(23)25)29-18-24-20-30(19-22-10-3-2-4-11-22)27-16-7-8-17-28(27)31-24/h2-17,21,24,29H,18-20H2,1H3. The summed E-state index contributed by atoms with van der Waals surface area (Å²) in [6.45, 7) is 4.78.